The fourth-order valence-electron chi connectivity index (χ4n) is 2.84. The number of allylic oxidation sites excluding steroid dienone is 3. The van der Waals surface area contributed by atoms with Gasteiger partial charge in [-0.2, -0.15) is 10.5 Å². The Bertz CT molecular complexity index is 703. The number of hydrogen-bond donors (Lipinski definition) is 0. The van der Waals surface area contributed by atoms with E-state index in [1.54, 1.807) is 0 Å². The fourth-order valence-corrected chi connectivity index (χ4v) is 2.84. The molecule has 1 saturated heterocycles. The second-order valence-electron chi connectivity index (χ2n) is 6.33. The summed E-state index contributed by atoms with van der Waals surface area (Å²) in [6.45, 7) is 5.45. The highest BCUT2D eigenvalue weighted by molar-refractivity contribution is 5.47. The molecule has 5 nitrogen and oxygen atoms in total. The van der Waals surface area contributed by atoms with Crippen LogP contribution in [0, 0.1) is 22.7 Å². The summed E-state index contributed by atoms with van der Waals surface area (Å²) < 4.78 is 0. The summed E-state index contributed by atoms with van der Waals surface area (Å²) in [5.74, 6) is 0. The third kappa shape index (κ3) is 4.78. The first kappa shape index (κ1) is 18.4. The lowest BCUT2D eigenvalue weighted by atomic mass is 10.1. The van der Waals surface area contributed by atoms with Gasteiger partial charge in [0.15, 0.2) is 5.57 Å². The largest absolute Gasteiger partial charge is 0.381 e. The first-order valence-corrected chi connectivity index (χ1v) is 8.52. The predicted octanol–water partition coefficient (Wildman–Crippen LogP) is 2.97. The number of para-hydroxylation sites is 1. The summed E-state index contributed by atoms with van der Waals surface area (Å²) in [6.07, 6.45) is 2.93. The number of benzene rings is 1. The van der Waals surface area contributed by atoms with Crippen LogP contribution >= 0.6 is 0 Å². The van der Waals surface area contributed by atoms with Gasteiger partial charge >= 0.3 is 0 Å². The molecule has 0 spiro atoms. The van der Waals surface area contributed by atoms with E-state index in [9.17, 15) is 10.5 Å². The molecule has 1 aliphatic rings. The number of rotatable bonds is 4. The van der Waals surface area contributed by atoms with Gasteiger partial charge in [0.2, 0.25) is 0 Å². The fraction of sp³-hybridized carbons (Fsp3) is 0.400. The lowest BCUT2D eigenvalue weighted by Crippen LogP contribution is -2.30. The van der Waals surface area contributed by atoms with E-state index in [1.165, 1.54) is 5.69 Å². The highest BCUT2D eigenvalue weighted by Gasteiger charge is 2.19. The summed E-state index contributed by atoms with van der Waals surface area (Å²) in [6, 6.07) is 14.5. The molecule has 0 atom stereocenters. The number of hydrogen-bond acceptors (Lipinski definition) is 5. The topological polar surface area (TPSA) is 57.3 Å². The van der Waals surface area contributed by atoms with Crippen LogP contribution in [0.1, 0.15) is 13.3 Å². The normalized spacial score (nSPS) is 15.0. The molecular formula is C20H25N5. The first-order chi connectivity index (χ1) is 12.1. The molecule has 0 N–H and O–H groups in total. The zero-order chi connectivity index (χ0) is 18.2. The second kappa shape index (κ2) is 8.80. The van der Waals surface area contributed by atoms with Crippen LogP contribution in [0.4, 0.5) is 5.69 Å². The van der Waals surface area contributed by atoms with Crippen LogP contribution < -0.4 is 4.90 Å². The van der Waals surface area contributed by atoms with Crippen LogP contribution in [-0.4, -0.2) is 50.1 Å². The maximum absolute atomic E-state index is 9.37. The van der Waals surface area contributed by atoms with Gasteiger partial charge in [-0.25, -0.2) is 0 Å². The molecule has 25 heavy (non-hydrogen) atoms. The van der Waals surface area contributed by atoms with Gasteiger partial charge < -0.3 is 14.7 Å². The lowest BCUT2D eigenvalue weighted by Gasteiger charge is -2.26. The van der Waals surface area contributed by atoms with Crippen molar-refractivity contribution < 1.29 is 0 Å². The van der Waals surface area contributed by atoms with Gasteiger partial charge in [0, 0.05) is 51.7 Å². The van der Waals surface area contributed by atoms with E-state index in [4.69, 9.17) is 0 Å². The molecule has 0 unspecified atom stereocenters. The van der Waals surface area contributed by atoms with E-state index >= 15 is 0 Å². The Kier molecular flexibility index (Phi) is 6.48. The minimum absolute atomic E-state index is 0.175. The van der Waals surface area contributed by atoms with Gasteiger partial charge in [0.25, 0.3) is 0 Å². The van der Waals surface area contributed by atoms with Crippen molar-refractivity contribution in [2.75, 3.05) is 45.2 Å². The van der Waals surface area contributed by atoms with Crippen LogP contribution in [0.15, 0.2) is 53.4 Å². The molecule has 1 aromatic rings. The molecule has 0 radical (unpaired) electrons. The van der Waals surface area contributed by atoms with Crippen molar-refractivity contribution in [3.8, 4) is 12.1 Å². The maximum Gasteiger partial charge on any atom is 0.152 e. The van der Waals surface area contributed by atoms with Gasteiger partial charge in [-0.15, -0.1) is 0 Å². The minimum atomic E-state index is 0.175. The second-order valence-corrected chi connectivity index (χ2v) is 6.33. The molecule has 1 heterocycles. The summed E-state index contributed by atoms with van der Waals surface area (Å²) in [5, 5.41) is 18.7. The Hall–Kier alpha value is -2.92. The van der Waals surface area contributed by atoms with Crippen LogP contribution in [0.25, 0.3) is 0 Å². The molecule has 1 aromatic carbocycles. The molecule has 2 rings (SSSR count). The minimum Gasteiger partial charge on any atom is -0.381 e. The summed E-state index contributed by atoms with van der Waals surface area (Å²) in [4.78, 5) is 6.51. The van der Waals surface area contributed by atoms with Crippen molar-refractivity contribution in [2.45, 2.75) is 13.3 Å². The quantitative estimate of drug-likeness (QED) is 0.625. The van der Waals surface area contributed by atoms with E-state index < -0.39 is 0 Å². The molecule has 0 aliphatic carbocycles. The Morgan fingerprint density at radius 1 is 1.04 bits per heavy atom. The van der Waals surface area contributed by atoms with E-state index in [1.807, 2.05) is 38.1 Å². The van der Waals surface area contributed by atoms with Crippen molar-refractivity contribution >= 4 is 5.69 Å². The average Bonchev–Trinajstić information content (AvgIpc) is 2.88. The van der Waals surface area contributed by atoms with Crippen LogP contribution in [0.3, 0.4) is 0 Å². The maximum atomic E-state index is 9.37. The smallest absolute Gasteiger partial charge is 0.152 e. The van der Waals surface area contributed by atoms with Crippen LogP contribution in [0.5, 0.6) is 0 Å². The Balaban J connectivity index is 2.25. The molecule has 5 heteroatoms. The number of nitrogens with zero attached hydrogens (tertiary/aromatic N) is 5. The monoisotopic (exact) mass is 335 g/mol. The summed E-state index contributed by atoms with van der Waals surface area (Å²) >= 11 is 0. The van der Waals surface area contributed by atoms with Gasteiger partial charge in [-0.1, -0.05) is 18.2 Å². The van der Waals surface area contributed by atoms with E-state index in [-0.39, 0.29) is 5.57 Å². The van der Waals surface area contributed by atoms with Gasteiger partial charge in [0.1, 0.15) is 12.1 Å². The third-order valence-electron chi connectivity index (χ3n) is 4.49. The lowest BCUT2D eigenvalue weighted by molar-refractivity contribution is 0.376. The van der Waals surface area contributed by atoms with Crippen LogP contribution in [0.2, 0.25) is 0 Å². The highest BCUT2D eigenvalue weighted by Crippen LogP contribution is 2.20. The Morgan fingerprint density at radius 3 is 2.32 bits per heavy atom. The molecule has 0 saturated carbocycles. The molecule has 0 aromatic heterocycles. The highest BCUT2D eigenvalue weighted by atomic mass is 15.2. The standard InChI is InChI=1S/C20H25N5/c1-17(23(2)3)14-20(18(15-21)16-22)25-11-7-10-24(12-13-25)19-8-5-4-6-9-19/h4-6,8-9,14H,7,10-13H2,1-3H3. The van der Waals surface area contributed by atoms with E-state index in [2.05, 4.69) is 46.2 Å². The SMILES string of the molecule is CC(=CC(=C(C#N)C#N)N1CCCN(c2ccccc2)CC1)N(C)C. The van der Waals surface area contributed by atoms with Crippen molar-refractivity contribution in [1.82, 2.24) is 9.80 Å². The van der Waals surface area contributed by atoms with Gasteiger partial charge in [-0.05, 0) is 31.6 Å². The zero-order valence-electron chi connectivity index (χ0n) is 15.2. The Labute approximate surface area is 150 Å². The van der Waals surface area contributed by atoms with Crippen molar-refractivity contribution in [2.24, 2.45) is 0 Å². The molecule has 0 bridgehead atoms. The predicted molar refractivity (Wildman–Crippen MR) is 101 cm³/mol. The molecule has 130 valence electrons. The first-order valence-electron chi connectivity index (χ1n) is 8.52. The van der Waals surface area contributed by atoms with Crippen molar-refractivity contribution in [3.05, 3.63) is 53.4 Å². The van der Waals surface area contributed by atoms with Gasteiger partial charge in [-0.3, -0.25) is 0 Å². The summed E-state index contributed by atoms with van der Waals surface area (Å²) in [7, 11) is 3.92. The van der Waals surface area contributed by atoms with E-state index in [0.29, 0.717) is 0 Å². The number of anilines is 1. The summed E-state index contributed by atoms with van der Waals surface area (Å²) in [5.41, 5.74) is 3.14. The molecule has 1 fully saturated rings. The molecule has 1 aliphatic heterocycles. The van der Waals surface area contributed by atoms with Gasteiger partial charge in [0.05, 0.1) is 5.70 Å². The van der Waals surface area contributed by atoms with E-state index in [0.717, 1.165) is 44.0 Å². The molecular weight excluding hydrogens is 310 g/mol. The Morgan fingerprint density at radius 2 is 1.72 bits per heavy atom. The van der Waals surface area contributed by atoms with Crippen molar-refractivity contribution in [1.29, 1.82) is 10.5 Å². The third-order valence-corrected chi connectivity index (χ3v) is 4.49. The zero-order valence-corrected chi connectivity index (χ0v) is 15.2. The van der Waals surface area contributed by atoms with Crippen molar-refractivity contribution in [3.63, 3.8) is 0 Å². The molecule has 0 amide bonds. The average molecular weight is 335 g/mol. The van der Waals surface area contributed by atoms with Crippen LogP contribution in [-0.2, 0) is 0 Å². The number of nitriles is 2.